The van der Waals surface area contributed by atoms with Crippen molar-refractivity contribution in [3.8, 4) is 11.3 Å². The Hall–Kier alpha value is -2.77. The number of benzene rings is 2. The standard InChI is InChI=1S/C24H28N4O2S/c29-31(30,28-16-6-1-2-7-17-28)22-12-10-20(11-13-22)14-15-25-24-18-23(26-19-27-24)21-8-4-3-5-9-21/h3-5,8-13,18-19H,1-2,6-7,14-17H2,(H,25,26,27). The molecule has 0 unspecified atom stereocenters. The zero-order chi connectivity index (χ0) is 21.5. The molecule has 1 N–H and O–H groups in total. The number of sulfonamides is 1. The van der Waals surface area contributed by atoms with Crippen molar-refractivity contribution in [3.05, 3.63) is 72.6 Å². The van der Waals surface area contributed by atoms with E-state index in [4.69, 9.17) is 0 Å². The van der Waals surface area contributed by atoms with E-state index >= 15 is 0 Å². The van der Waals surface area contributed by atoms with E-state index in [-0.39, 0.29) is 0 Å². The molecule has 0 bridgehead atoms. The molecule has 0 saturated carbocycles. The monoisotopic (exact) mass is 436 g/mol. The Kier molecular flexibility index (Phi) is 6.94. The van der Waals surface area contributed by atoms with Gasteiger partial charge in [0, 0.05) is 31.3 Å². The van der Waals surface area contributed by atoms with Crippen molar-refractivity contribution in [2.45, 2.75) is 37.0 Å². The Morgan fingerprint density at radius 1 is 0.871 bits per heavy atom. The fourth-order valence-corrected chi connectivity index (χ4v) is 5.33. The van der Waals surface area contributed by atoms with Crippen LogP contribution in [-0.2, 0) is 16.4 Å². The first-order valence-corrected chi connectivity index (χ1v) is 12.3. The lowest BCUT2D eigenvalue weighted by Gasteiger charge is -2.20. The van der Waals surface area contributed by atoms with Gasteiger partial charge in [-0.2, -0.15) is 4.31 Å². The molecule has 0 amide bonds. The summed E-state index contributed by atoms with van der Waals surface area (Å²) < 4.78 is 27.4. The number of aromatic nitrogens is 2. The molecule has 3 aromatic rings. The summed E-state index contributed by atoms with van der Waals surface area (Å²) in [5, 5.41) is 3.33. The van der Waals surface area contributed by atoms with E-state index in [1.807, 2.05) is 48.5 Å². The molecule has 2 heterocycles. The highest BCUT2D eigenvalue weighted by Gasteiger charge is 2.24. The topological polar surface area (TPSA) is 75.2 Å². The Morgan fingerprint density at radius 2 is 1.58 bits per heavy atom. The van der Waals surface area contributed by atoms with Crippen LogP contribution in [0.5, 0.6) is 0 Å². The predicted octanol–water partition coefficient (Wildman–Crippen LogP) is 4.36. The molecule has 7 heteroatoms. The Balaban J connectivity index is 1.35. The van der Waals surface area contributed by atoms with Crippen LogP contribution >= 0.6 is 0 Å². The third-order valence-corrected chi connectivity index (χ3v) is 7.50. The van der Waals surface area contributed by atoms with Crippen LogP contribution in [0.2, 0.25) is 0 Å². The third kappa shape index (κ3) is 5.48. The molecular weight excluding hydrogens is 408 g/mol. The fourth-order valence-electron chi connectivity index (χ4n) is 3.81. The van der Waals surface area contributed by atoms with Crippen molar-refractivity contribution in [3.63, 3.8) is 0 Å². The predicted molar refractivity (Wildman–Crippen MR) is 123 cm³/mol. The zero-order valence-corrected chi connectivity index (χ0v) is 18.4. The maximum absolute atomic E-state index is 12.9. The Bertz CT molecular complexity index is 1080. The molecule has 1 saturated heterocycles. The van der Waals surface area contributed by atoms with Gasteiger partial charge in [-0.1, -0.05) is 55.3 Å². The summed E-state index contributed by atoms with van der Waals surface area (Å²) in [6, 6.07) is 19.2. The normalized spacial score (nSPS) is 15.4. The van der Waals surface area contributed by atoms with E-state index < -0.39 is 10.0 Å². The van der Waals surface area contributed by atoms with Gasteiger partial charge in [0.25, 0.3) is 0 Å². The lowest BCUT2D eigenvalue weighted by Crippen LogP contribution is -2.31. The van der Waals surface area contributed by atoms with E-state index in [1.165, 1.54) is 0 Å². The molecule has 6 nitrogen and oxygen atoms in total. The van der Waals surface area contributed by atoms with Crippen molar-refractivity contribution in [1.82, 2.24) is 14.3 Å². The van der Waals surface area contributed by atoms with E-state index in [0.29, 0.717) is 24.5 Å². The van der Waals surface area contributed by atoms with Gasteiger partial charge in [0.2, 0.25) is 10.0 Å². The summed E-state index contributed by atoms with van der Waals surface area (Å²) >= 11 is 0. The summed E-state index contributed by atoms with van der Waals surface area (Å²) in [4.78, 5) is 9.02. The first kappa shape index (κ1) is 21.5. The van der Waals surface area contributed by atoms with Gasteiger partial charge in [0.15, 0.2) is 0 Å². The molecular formula is C24H28N4O2S. The number of nitrogens with zero attached hydrogens (tertiary/aromatic N) is 3. The van der Waals surface area contributed by atoms with E-state index in [2.05, 4.69) is 15.3 Å². The lowest BCUT2D eigenvalue weighted by atomic mass is 10.1. The highest BCUT2D eigenvalue weighted by Crippen LogP contribution is 2.21. The number of hydrogen-bond acceptors (Lipinski definition) is 5. The summed E-state index contributed by atoms with van der Waals surface area (Å²) in [6.07, 6.45) is 6.44. The van der Waals surface area contributed by atoms with E-state index in [9.17, 15) is 8.42 Å². The van der Waals surface area contributed by atoms with Crippen LogP contribution in [0, 0.1) is 0 Å². The molecule has 0 atom stereocenters. The number of rotatable bonds is 7. The minimum atomic E-state index is -3.40. The molecule has 162 valence electrons. The zero-order valence-electron chi connectivity index (χ0n) is 17.6. The largest absolute Gasteiger partial charge is 0.370 e. The maximum Gasteiger partial charge on any atom is 0.243 e. The summed E-state index contributed by atoms with van der Waals surface area (Å²) in [6.45, 7) is 1.94. The molecule has 31 heavy (non-hydrogen) atoms. The fraction of sp³-hybridized carbons (Fsp3) is 0.333. The van der Waals surface area contributed by atoms with E-state index in [0.717, 1.165) is 54.7 Å². The van der Waals surface area contributed by atoms with E-state index in [1.54, 1.807) is 22.8 Å². The second-order valence-corrected chi connectivity index (χ2v) is 9.73. The minimum absolute atomic E-state index is 0.384. The van der Waals surface area contributed by atoms with Crippen LogP contribution in [0.4, 0.5) is 5.82 Å². The molecule has 1 fully saturated rings. The van der Waals surface area contributed by atoms with Gasteiger partial charge in [-0.25, -0.2) is 18.4 Å². The van der Waals surface area contributed by atoms with Crippen molar-refractivity contribution in [1.29, 1.82) is 0 Å². The SMILES string of the molecule is O=S(=O)(c1ccc(CCNc2cc(-c3ccccc3)ncn2)cc1)N1CCCCCC1. The third-order valence-electron chi connectivity index (χ3n) is 5.58. The van der Waals surface area contributed by atoms with Crippen LogP contribution < -0.4 is 5.32 Å². The first-order valence-electron chi connectivity index (χ1n) is 10.8. The Labute approximate surface area is 184 Å². The second-order valence-electron chi connectivity index (χ2n) is 7.79. The number of anilines is 1. The lowest BCUT2D eigenvalue weighted by molar-refractivity contribution is 0.423. The van der Waals surface area contributed by atoms with Crippen molar-refractivity contribution in [2.24, 2.45) is 0 Å². The molecule has 0 radical (unpaired) electrons. The van der Waals surface area contributed by atoms with Crippen LogP contribution in [-0.4, -0.2) is 42.3 Å². The van der Waals surface area contributed by atoms with Gasteiger partial charge >= 0.3 is 0 Å². The average molecular weight is 437 g/mol. The molecule has 2 aromatic carbocycles. The van der Waals surface area contributed by atoms with Gasteiger partial charge in [-0.05, 0) is 37.0 Å². The molecule has 4 rings (SSSR count). The van der Waals surface area contributed by atoms with Crippen LogP contribution in [0.1, 0.15) is 31.2 Å². The van der Waals surface area contributed by atoms with Crippen molar-refractivity contribution in [2.75, 3.05) is 25.0 Å². The van der Waals surface area contributed by atoms with Crippen LogP contribution in [0.15, 0.2) is 71.9 Å². The van der Waals surface area contributed by atoms with Crippen molar-refractivity contribution < 1.29 is 8.42 Å². The maximum atomic E-state index is 12.9. The first-order chi connectivity index (χ1) is 15.1. The van der Waals surface area contributed by atoms with Crippen molar-refractivity contribution >= 4 is 15.8 Å². The number of hydrogen-bond donors (Lipinski definition) is 1. The quantitative estimate of drug-likeness (QED) is 0.595. The van der Waals surface area contributed by atoms with Gasteiger partial charge < -0.3 is 5.32 Å². The highest BCUT2D eigenvalue weighted by atomic mass is 32.2. The summed E-state index contributed by atoms with van der Waals surface area (Å²) in [7, 11) is -3.40. The van der Waals surface area contributed by atoms with Crippen LogP contribution in [0.25, 0.3) is 11.3 Å². The van der Waals surface area contributed by atoms with Gasteiger partial charge in [0.05, 0.1) is 10.6 Å². The van der Waals surface area contributed by atoms with Gasteiger partial charge in [-0.15, -0.1) is 0 Å². The summed E-state index contributed by atoms with van der Waals surface area (Å²) in [5.74, 6) is 0.772. The average Bonchev–Trinajstić information content (AvgIpc) is 3.11. The van der Waals surface area contributed by atoms with Crippen LogP contribution in [0.3, 0.4) is 0 Å². The molecule has 1 aromatic heterocycles. The Morgan fingerprint density at radius 3 is 2.29 bits per heavy atom. The molecule has 1 aliphatic heterocycles. The molecule has 0 aliphatic carbocycles. The highest BCUT2D eigenvalue weighted by molar-refractivity contribution is 7.89. The molecule has 1 aliphatic rings. The number of nitrogens with one attached hydrogen (secondary N) is 1. The second kappa shape index (κ2) is 10.0. The smallest absolute Gasteiger partial charge is 0.243 e. The molecule has 0 spiro atoms. The van der Waals surface area contributed by atoms with Gasteiger partial charge in [0.1, 0.15) is 12.1 Å². The summed E-state index contributed by atoms with van der Waals surface area (Å²) in [5.41, 5.74) is 3.01. The van der Waals surface area contributed by atoms with Gasteiger partial charge in [-0.3, -0.25) is 0 Å². The minimum Gasteiger partial charge on any atom is -0.370 e.